The molecule has 3 nitrogen and oxygen atoms in total. The van der Waals surface area contributed by atoms with Gasteiger partial charge in [-0.1, -0.05) is 61.9 Å². The molecule has 0 aliphatic heterocycles. The van der Waals surface area contributed by atoms with Crippen molar-refractivity contribution in [1.82, 2.24) is 15.0 Å². The predicted octanol–water partition coefficient (Wildman–Crippen LogP) is 4.45. The van der Waals surface area contributed by atoms with Crippen molar-refractivity contribution in [3.05, 3.63) is 64.3 Å². The van der Waals surface area contributed by atoms with Crippen LogP contribution < -0.4 is 10.6 Å². The van der Waals surface area contributed by atoms with E-state index in [2.05, 4.69) is 42.2 Å². The third-order valence-corrected chi connectivity index (χ3v) is 3.98. The van der Waals surface area contributed by atoms with Crippen LogP contribution in [-0.2, 0) is 0 Å². The molecule has 0 aliphatic carbocycles. The highest BCUT2D eigenvalue weighted by Gasteiger charge is 2.09. The molecule has 0 N–H and O–H groups in total. The molecule has 0 atom stereocenters. The summed E-state index contributed by atoms with van der Waals surface area (Å²) in [5.41, 5.74) is 5.03. The Morgan fingerprint density at radius 3 is 2.04 bits per heavy atom. The number of nitrogens with zero attached hydrogens (tertiary/aromatic N) is 3. The molecule has 134 valence electrons. The molecule has 0 aliphatic rings. The third kappa shape index (κ3) is 4.23. The van der Waals surface area contributed by atoms with Crippen molar-refractivity contribution in [1.29, 1.82) is 0 Å². The molecule has 0 amide bonds. The second kappa shape index (κ2) is 9.04. The minimum absolute atomic E-state index is 0.660. The zero-order valence-electron chi connectivity index (χ0n) is 16.5. The predicted molar refractivity (Wildman–Crippen MR) is 111 cm³/mol. The summed E-state index contributed by atoms with van der Waals surface area (Å²) in [5.74, 6) is 0.660. The monoisotopic (exact) mass is 345 g/mol. The molecule has 0 spiro atoms. The van der Waals surface area contributed by atoms with E-state index >= 15 is 0 Å². The first-order valence-corrected chi connectivity index (χ1v) is 9.14. The van der Waals surface area contributed by atoms with Crippen LogP contribution in [0.15, 0.2) is 42.5 Å². The fourth-order valence-corrected chi connectivity index (χ4v) is 2.71. The van der Waals surface area contributed by atoms with Crippen LogP contribution in [0.1, 0.15) is 39.0 Å². The molecule has 2 heterocycles. The van der Waals surface area contributed by atoms with Crippen molar-refractivity contribution in [2.75, 3.05) is 0 Å². The average Bonchev–Trinajstić information content (AvgIpc) is 2.69. The first-order valence-electron chi connectivity index (χ1n) is 9.14. The molecule has 0 fully saturated rings. The highest BCUT2D eigenvalue weighted by molar-refractivity contribution is 5.64. The van der Waals surface area contributed by atoms with Gasteiger partial charge >= 0.3 is 0 Å². The van der Waals surface area contributed by atoms with Gasteiger partial charge in [0.25, 0.3) is 0 Å². The van der Waals surface area contributed by atoms with Gasteiger partial charge in [0.05, 0.1) is 11.0 Å². The number of aryl methyl sites for hydroxylation is 2. The molecular weight excluding hydrogens is 318 g/mol. The molecule has 3 heteroatoms. The van der Waals surface area contributed by atoms with Crippen molar-refractivity contribution in [2.24, 2.45) is 0 Å². The Hall–Kier alpha value is -2.81. The normalized spacial score (nSPS) is 11.9. The Balaban J connectivity index is 0.00000117. The molecular formula is C23H27N3. The van der Waals surface area contributed by atoms with E-state index in [1.807, 2.05) is 58.9 Å². The lowest BCUT2D eigenvalue weighted by Crippen LogP contribution is -2.31. The van der Waals surface area contributed by atoms with Crippen molar-refractivity contribution in [3.8, 4) is 22.8 Å². The maximum absolute atomic E-state index is 4.84. The molecule has 0 unspecified atom stereocenters. The Kier molecular flexibility index (Phi) is 6.79. The van der Waals surface area contributed by atoms with Crippen molar-refractivity contribution in [2.45, 2.75) is 41.5 Å². The SMILES string of the molecule is C/C=c1/c(-c2ccc(C)cc2)nc(-c2cccc(C)n2)n/c1=C/C.CC. The van der Waals surface area contributed by atoms with Crippen LogP contribution >= 0.6 is 0 Å². The van der Waals surface area contributed by atoms with Crippen LogP contribution in [-0.4, -0.2) is 15.0 Å². The van der Waals surface area contributed by atoms with E-state index in [9.17, 15) is 0 Å². The van der Waals surface area contributed by atoms with Gasteiger partial charge in [0.1, 0.15) is 5.69 Å². The van der Waals surface area contributed by atoms with Gasteiger partial charge < -0.3 is 0 Å². The van der Waals surface area contributed by atoms with Gasteiger partial charge in [0.15, 0.2) is 5.82 Å². The summed E-state index contributed by atoms with van der Waals surface area (Å²) >= 11 is 0. The lowest BCUT2D eigenvalue weighted by Gasteiger charge is -2.07. The Morgan fingerprint density at radius 1 is 0.769 bits per heavy atom. The minimum Gasteiger partial charge on any atom is -0.250 e. The summed E-state index contributed by atoms with van der Waals surface area (Å²) < 4.78 is 0. The van der Waals surface area contributed by atoms with Crippen LogP contribution in [0.2, 0.25) is 0 Å². The number of benzene rings is 1. The molecule has 3 aromatic rings. The molecule has 0 bridgehead atoms. The summed E-state index contributed by atoms with van der Waals surface area (Å²) in [7, 11) is 0. The number of pyridine rings is 1. The standard InChI is InChI=1S/C21H21N3.C2H6/c1-5-17-18(6-2)23-21(19-9-7-8-15(4)22-19)24-20(17)16-12-10-14(3)11-13-16;1-2/h5-13H,1-4H3;1-2H3/b17-5+,18-6+;. The van der Waals surface area contributed by atoms with Gasteiger partial charge in [-0.15, -0.1) is 0 Å². The van der Waals surface area contributed by atoms with E-state index in [4.69, 9.17) is 9.97 Å². The smallest absolute Gasteiger partial charge is 0.179 e. The summed E-state index contributed by atoms with van der Waals surface area (Å²) in [6.07, 6.45) is 4.09. The van der Waals surface area contributed by atoms with E-state index in [1.54, 1.807) is 0 Å². The van der Waals surface area contributed by atoms with Gasteiger partial charge in [-0.05, 0) is 39.8 Å². The average molecular weight is 345 g/mol. The minimum atomic E-state index is 0.660. The summed E-state index contributed by atoms with van der Waals surface area (Å²) in [5, 5.41) is 1.99. The van der Waals surface area contributed by atoms with Gasteiger partial charge in [-0.2, -0.15) is 0 Å². The maximum Gasteiger partial charge on any atom is 0.179 e. The third-order valence-electron chi connectivity index (χ3n) is 3.98. The number of hydrogen-bond acceptors (Lipinski definition) is 3. The Bertz CT molecular complexity index is 987. The lowest BCUT2D eigenvalue weighted by atomic mass is 10.1. The molecule has 0 radical (unpaired) electrons. The quantitative estimate of drug-likeness (QED) is 0.689. The zero-order valence-corrected chi connectivity index (χ0v) is 16.5. The van der Waals surface area contributed by atoms with E-state index in [0.717, 1.165) is 33.2 Å². The Morgan fingerprint density at radius 2 is 1.46 bits per heavy atom. The fourth-order valence-electron chi connectivity index (χ4n) is 2.71. The zero-order chi connectivity index (χ0) is 19.1. The van der Waals surface area contributed by atoms with E-state index < -0.39 is 0 Å². The summed E-state index contributed by atoms with van der Waals surface area (Å²) in [6, 6.07) is 14.4. The van der Waals surface area contributed by atoms with Crippen molar-refractivity contribution < 1.29 is 0 Å². The number of hydrogen-bond donors (Lipinski definition) is 0. The van der Waals surface area contributed by atoms with Gasteiger partial charge in [-0.25, -0.2) is 15.0 Å². The second-order valence-electron chi connectivity index (χ2n) is 5.80. The van der Waals surface area contributed by atoms with Crippen LogP contribution in [0.4, 0.5) is 0 Å². The van der Waals surface area contributed by atoms with Crippen LogP contribution in [0.3, 0.4) is 0 Å². The van der Waals surface area contributed by atoms with Crippen LogP contribution in [0.5, 0.6) is 0 Å². The Labute approximate surface area is 156 Å². The molecule has 3 rings (SSSR count). The molecule has 26 heavy (non-hydrogen) atoms. The van der Waals surface area contributed by atoms with Crippen LogP contribution in [0.25, 0.3) is 34.9 Å². The summed E-state index contributed by atoms with van der Waals surface area (Å²) in [4.78, 5) is 14.1. The highest BCUT2D eigenvalue weighted by Crippen LogP contribution is 2.17. The second-order valence-corrected chi connectivity index (χ2v) is 5.80. The van der Waals surface area contributed by atoms with Gasteiger partial charge in [-0.3, -0.25) is 0 Å². The molecule has 2 aromatic heterocycles. The molecule has 0 saturated heterocycles. The summed E-state index contributed by atoms with van der Waals surface area (Å²) in [6.45, 7) is 12.1. The van der Waals surface area contributed by atoms with E-state index in [0.29, 0.717) is 5.82 Å². The lowest BCUT2D eigenvalue weighted by molar-refractivity contribution is 1.08. The van der Waals surface area contributed by atoms with E-state index in [1.165, 1.54) is 5.56 Å². The number of rotatable bonds is 2. The first-order chi connectivity index (χ1) is 12.6. The largest absolute Gasteiger partial charge is 0.250 e. The molecule has 0 saturated carbocycles. The fraction of sp³-hybridized carbons (Fsp3) is 0.261. The van der Waals surface area contributed by atoms with Crippen molar-refractivity contribution in [3.63, 3.8) is 0 Å². The topological polar surface area (TPSA) is 38.7 Å². The highest BCUT2D eigenvalue weighted by atomic mass is 14.9. The number of aromatic nitrogens is 3. The van der Waals surface area contributed by atoms with Crippen LogP contribution in [0, 0.1) is 13.8 Å². The molecule has 1 aromatic carbocycles. The van der Waals surface area contributed by atoms with Gasteiger partial charge in [0.2, 0.25) is 0 Å². The first kappa shape index (κ1) is 19.5. The van der Waals surface area contributed by atoms with Gasteiger partial charge in [0, 0.05) is 16.5 Å². The maximum atomic E-state index is 4.84. The van der Waals surface area contributed by atoms with Crippen molar-refractivity contribution >= 4 is 12.2 Å². The van der Waals surface area contributed by atoms with E-state index in [-0.39, 0.29) is 0 Å².